The van der Waals surface area contributed by atoms with E-state index >= 15 is 0 Å². The van der Waals surface area contributed by atoms with Crippen molar-refractivity contribution in [1.29, 1.82) is 0 Å². The fraction of sp³-hybridized carbons (Fsp3) is 0.750. The van der Waals surface area contributed by atoms with Crippen LogP contribution < -0.4 is 32.7 Å². The molecular weight excluding hydrogens is 915 g/mol. The normalized spacial score (nSPS) is 19.0. The SMILES string of the molecule is CC.CC(C)C[C@H](CC(=O)C(C)NC(=O)[C@H](CC(=O)O)CC(=O)[C@H](CCC(N)=O)NC(=O)CCC(=O)[C@@H]1C[C@@H](O)CN1)C(=O)N[C@@H](C)C(=O)CCC(=O)N1CCC[C@H]1C(=O)C[C@@H](CCCCN)C(=O)O. The molecule has 22 heteroatoms. The van der Waals surface area contributed by atoms with Crippen LogP contribution in [0.5, 0.6) is 0 Å². The van der Waals surface area contributed by atoms with E-state index in [-0.39, 0.29) is 94.8 Å². The fourth-order valence-electron chi connectivity index (χ4n) is 8.41. The Labute approximate surface area is 410 Å². The summed E-state index contributed by atoms with van der Waals surface area (Å²) in [5.74, 6) is -12.2. The van der Waals surface area contributed by atoms with Crippen LogP contribution in [-0.4, -0.2) is 147 Å². The van der Waals surface area contributed by atoms with Gasteiger partial charge in [-0.05, 0) is 71.3 Å². The first kappa shape index (κ1) is 62.5. The number of unbranched alkanes of at least 4 members (excludes halogenated alkanes) is 1. The molecule has 11 N–H and O–H groups in total. The highest BCUT2D eigenvalue weighted by Gasteiger charge is 2.37. The Balaban J connectivity index is 0.0000121. The topological polar surface area (TPSA) is 369 Å². The van der Waals surface area contributed by atoms with Gasteiger partial charge in [0.1, 0.15) is 5.78 Å². The molecule has 9 atom stereocenters. The molecule has 70 heavy (non-hydrogen) atoms. The van der Waals surface area contributed by atoms with Crippen molar-refractivity contribution < 1.29 is 72.9 Å². The first-order valence-corrected chi connectivity index (χ1v) is 24.6. The van der Waals surface area contributed by atoms with Gasteiger partial charge < -0.3 is 53.0 Å². The second kappa shape index (κ2) is 32.4. The molecule has 0 aromatic heterocycles. The second-order valence-electron chi connectivity index (χ2n) is 18.6. The third-order valence-corrected chi connectivity index (χ3v) is 12.3. The molecule has 2 aliphatic heterocycles. The number of nitrogens with zero attached hydrogens (tertiary/aromatic N) is 1. The lowest BCUT2D eigenvalue weighted by molar-refractivity contribution is -0.145. The van der Waals surface area contributed by atoms with Gasteiger partial charge in [0, 0.05) is 70.4 Å². The third kappa shape index (κ3) is 23.0. The van der Waals surface area contributed by atoms with Crippen molar-refractivity contribution in [3.05, 3.63) is 0 Å². The number of rotatable bonds is 34. The Hall–Kier alpha value is -5.48. The minimum Gasteiger partial charge on any atom is -0.481 e. The van der Waals surface area contributed by atoms with Crippen LogP contribution in [0, 0.1) is 23.7 Å². The maximum absolute atomic E-state index is 13.5. The molecule has 2 saturated heterocycles. The van der Waals surface area contributed by atoms with Crippen LogP contribution in [0.25, 0.3) is 0 Å². The van der Waals surface area contributed by atoms with Crippen molar-refractivity contribution in [3.63, 3.8) is 0 Å². The maximum atomic E-state index is 13.5. The third-order valence-electron chi connectivity index (χ3n) is 12.3. The van der Waals surface area contributed by atoms with Crippen LogP contribution in [0.1, 0.15) is 151 Å². The lowest BCUT2D eigenvalue weighted by Gasteiger charge is -2.25. The Morgan fingerprint density at radius 2 is 1.30 bits per heavy atom. The zero-order chi connectivity index (χ0) is 53.2. The van der Waals surface area contributed by atoms with Gasteiger partial charge in [0.05, 0.1) is 54.6 Å². The number of carbonyl (C=O) groups is 12. The Morgan fingerprint density at radius 3 is 1.86 bits per heavy atom. The van der Waals surface area contributed by atoms with E-state index in [4.69, 9.17) is 11.5 Å². The van der Waals surface area contributed by atoms with Gasteiger partial charge in [-0.3, -0.25) is 57.5 Å². The molecule has 0 spiro atoms. The van der Waals surface area contributed by atoms with E-state index in [0.717, 1.165) is 0 Å². The van der Waals surface area contributed by atoms with E-state index in [9.17, 15) is 72.9 Å². The molecule has 2 rings (SSSR count). The molecule has 0 saturated carbocycles. The number of β-amino-alcohol motifs (C(OH)–C–C–N with tert-alkyl or cyclic N) is 1. The summed E-state index contributed by atoms with van der Waals surface area (Å²) in [6, 6.07) is -5.15. The van der Waals surface area contributed by atoms with Gasteiger partial charge in [-0.25, -0.2) is 0 Å². The number of aliphatic hydroxyl groups excluding tert-OH is 1. The summed E-state index contributed by atoms with van der Waals surface area (Å²) in [6.07, 6.45) is -1.84. The summed E-state index contributed by atoms with van der Waals surface area (Å²) in [4.78, 5) is 155. The number of carboxylic acid groups (broad SMARTS) is 2. The monoisotopic (exact) mass is 994 g/mol. The molecule has 0 aromatic rings. The summed E-state index contributed by atoms with van der Waals surface area (Å²) in [5.41, 5.74) is 10.8. The number of nitrogens with one attached hydrogen (secondary N) is 4. The van der Waals surface area contributed by atoms with Crippen molar-refractivity contribution >= 4 is 70.4 Å². The van der Waals surface area contributed by atoms with E-state index in [2.05, 4.69) is 21.3 Å². The highest BCUT2D eigenvalue weighted by atomic mass is 16.4. The molecule has 5 amide bonds. The molecule has 396 valence electrons. The van der Waals surface area contributed by atoms with Gasteiger partial charge in [0.15, 0.2) is 23.1 Å². The van der Waals surface area contributed by atoms with Crippen LogP contribution in [-0.2, 0) is 57.5 Å². The average Bonchev–Trinajstić information content (AvgIpc) is 3.98. The molecule has 2 fully saturated rings. The quantitative estimate of drug-likeness (QED) is 0.0400. The number of amides is 5. The number of primary amides is 1. The van der Waals surface area contributed by atoms with Gasteiger partial charge in [0.2, 0.25) is 29.5 Å². The predicted octanol–water partition coefficient (Wildman–Crippen LogP) is 0.645. The van der Waals surface area contributed by atoms with E-state index < -0.39 is 132 Å². The van der Waals surface area contributed by atoms with Crippen molar-refractivity contribution in [2.24, 2.45) is 35.1 Å². The Kier molecular flexibility index (Phi) is 29.0. The number of likely N-dealkylation sites (tertiary alicyclic amines) is 1. The minimum absolute atomic E-state index is 0.104. The van der Waals surface area contributed by atoms with E-state index in [0.29, 0.717) is 32.2 Å². The fourth-order valence-corrected chi connectivity index (χ4v) is 8.41. The standard InChI is InChI=1S/C46H73N7O15.C2H6/c1-25(2)18-29(44(65)50-26(3)35(55)12-15-42(62)53-17-7-9-34(53)39(59)19-28(46(67)68)8-5-6-16-47)20-37(57)27(4)51-45(66)30(22-43(63)64)21-38(58)32(10-13-40(48)60)52-41(61)14-11-36(56)33-23-31(54)24-49-33;1-2/h25-34,49,54H,5-24,47H2,1-4H3,(H2,48,60)(H,50,65)(H,51,66)(H,52,61)(H,63,64)(H,67,68);1-2H3/t26-,27?,28+,29+,30-,31+,32-,33-,34-;/m0./s1. The zero-order valence-corrected chi connectivity index (χ0v) is 41.8. The average molecular weight is 994 g/mol. The van der Waals surface area contributed by atoms with Crippen LogP contribution in [0.2, 0.25) is 0 Å². The van der Waals surface area contributed by atoms with Gasteiger partial charge in [-0.15, -0.1) is 0 Å². The van der Waals surface area contributed by atoms with Crippen molar-refractivity contribution in [1.82, 2.24) is 26.2 Å². The Morgan fingerprint density at radius 1 is 0.686 bits per heavy atom. The van der Waals surface area contributed by atoms with E-state index in [1.165, 1.54) is 18.7 Å². The summed E-state index contributed by atoms with van der Waals surface area (Å²) >= 11 is 0. The van der Waals surface area contributed by atoms with Crippen molar-refractivity contribution in [2.45, 2.75) is 187 Å². The predicted molar refractivity (Wildman–Crippen MR) is 254 cm³/mol. The van der Waals surface area contributed by atoms with Gasteiger partial charge in [-0.1, -0.05) is 34.1 Å². The lowest BCUT2D eigenvalue weighted by atomic mass is 9.89. The van der Waals surface area contributed by atoms with E-state index in [1.807, 2.05) is 27.7 Å². The Bertz CT molecular complexity index is 1840. The van der Waals surface area contributed by atoms with Crippen LogP contribution in [0.3, 0.4) is 0 Å². The first-order chi connectivity index (χ1) is 32.9. The van der Waals surface area contributed by atoms with Crippen molar-refractivity contribution in [2.75, 3.05) is 19.6 Å². The highest BCUT2D eigenvalue weighted by Crippen LogP contribution is 2.25. The smallest absolute Gasteiger partial charge is 0.306 e. The van der Waals surface area contributed by atoms with E-state index in [1.54, 1.807) is 0 Å². The summed E-state index contributed by atoms with van der Waals surface area (Å²) in [6.45, 7) is 11.3. The van der Waals surface area contributed by atoms with Crippen LogP contribution >= 0.6 is 0 Å². The molecule has 0 aliphatic carbocycles. The lowest BCUT2D eigenvalue weighted by Crippen LogP contribution is -2.47. The highest BCUT2D eigenvalue weighted by molar-refractivity contribution is 5.98. The molecule has 2 heterocycles. The molecule has 1 unspecified atom stereocenters. The number of hydrogen-bond donors (Lipinski definition) is 9. The van der Waals surface area contributed by atoms with Crippen molar-refractivity contribution in [3.8, 4) is 0 Å². The number of aliphatic carboxylic acids is 2. The van der Waals surface area contributed by atoms with Crippen LogP contribution in [0.4, 0.5) is 0 Å². The summed E-state index contributed by atoms with van der Waals surface area (Å²) in [7, 11) is 0. The van der Waals surface area contributed by atoms with Gasteiger partial charge in [-0.2, -0.15) is 0 Å². The molecule has 0 aromatic carbocycles. The number of carboxylic acids is 2. The number of ketones is 5. The number of aliphatic hydroxyl groups is 1. The van der Waals surface area contributed by atoms with Gasteiger partial charge in [0.25, 0.3) is 0 Å². The second-order valence-corrected chi connectivity index (χ2v) is 18.6. The molecule has 0 radical (unpaired) electrons. The maximum Gasteiger partial charge on any atom is 0.306 e. The molecule has 22 nitrogen and oxygen atoms in total. The summed E-state index contributed by atoms with van der Waals surface area (Å²) in [5, 5.41) is 39.2. The van der Waals surface area contributed by atoms with Crippen LogP contribution in [0.15, 0.2) is 0 Å². The van der Waals surface area contributed by atoms with Gasteiger partial charge >= 0.3 is 11.9 Å². The molecular formula is C48H79N7O15. The number of Topliss-reactive ketones (excluding diaryl/α,β-unsaturated/α-hetero) is 5. The largest absolute Gasteiger partial charge is 0.481 e. The summed E-state index contributed by atoms with van der Waals surface area (Å²) < 4.78 is 0. The first-order valence-electron chi connectivity index (χ1n) is 24.6. The molecule has 0 bridgehead atoms. The number of hydrogen-bond acceptors (Lipinski definition) is 15. The number of carbonyl (C=O) groups excluding carboxylic acids is 10. The molecule has 2 aliphatic rings. The number of nitrogens with two attached hydrogens (primary N) is 2. The minimum atomic E-state index is -1.53. The zero-order valence-electron chi connectivity index (χ0n) is 41.8.